The summed E-state index contributed by atoms with van der Waals surface area (Å²) in [5, 5.41) is 12.8. The molecule has 0 saturated carbocycles. The Labute approximate surface area is 128 Å². The van der Waals surface area contributed by atoms with Gasteiger partial charge in [-0.2, -0.15) is 5.26 Å². The van der Waals surface area contributed by atoms with Crippen molar-refractivity contribution in [2.45, 2.75) is 13.5 Å². The summed E-state index contributed by atoms with van der Waals surface area (Å²) in [4.78, 5) is 8.82. The minimum absolute atomic E-state index is 0.291. The Kier molecular flexibility index (Phi) is 3.94. The van der Waals surface area contributed by atoms with Crippen LogP contribution in [-0.2, 0) is 6.54 Å². The molecule has 3 heterocycles. The maximum Gasteiger partial charge on any atom is 0.150 e. The van der Waals surface area contributed by atoms with Crippen molar-refractivity contribution in [3.8, 4) is 6.07 Å². The molecule has 0 unspecified atom stereocenters. The molecule has 0 aromatic carbocycles. The molecule has 0 amide bonds. The van der Waals surface area contributed by atoms with E-state index in [9.17, 15) is 0 Å². The van der Waals surface area contributed by atoms with Crippen molar-refractivity contribution in [3.05, 3.63) is 35.2 Å². The van der Waals surface area contributed by atoms with E-state index in [1.165, 1.54) is 0 Å². The van der Waals surface area contributed by atoms with Crippen LogP contribution in [0.25, 0.3) is 0 Å². The van der Waals surface area contributed by atoms with Gasteiger partial charge in [0.15, 0.2) is 5.76 Å². The van der Waals surface area contributed by atoms with E-state index in [-0.39, 0.29) is 0 Å². The average Bonchev–Trinajstić information content (AvgIpc) is 2.93. The summed E-state index contributed by atoms with van der Waals surface area (Å²) >= 11 is 0. The normalized spacial score (nSPS) is 15.7. The minimum Gasteiger partial charge on any atom is -0.383 e. The lowest BCUT2D eigenvalue weighted by atomic mass is 10.2. The van der Waals surface area contributed by atoms with Gasteiger partial charge in [-0.05, 0) is 19.1 Å². The van der Waals surface area contributed by atoms with Crippen molar-refractivity contribution in [1.82, 2.24) is 15.0 Å². The molecule has 1 aliphatic heterocycles. The Bertz CT molecular complexity index is 696. The smallest absolute Gasteiger partial charge is 0.150 e. The highest BCUT2D eigenvalue weighted by Crippen LogP contribution is 2.18. The highest BCUT2D eigenvalue weighted by molar-refractivity contribution is 5.54. The first-order valence-electron chi connectivity index (χ1n) is 7.22. The summed E-state index contributed by atoms with van der Waals surface area (Å²) in [6.45, 7) is 6.27. The zero-order chi connectivity index (χ0) is 15.5. The molecule has 3 rings (SSSR count). The second kappa shape index (κ2) is 6.03. The predicted molar refractivity (Wildman–Crippen MR) is 82.1 cm³/mol. The van der Waals surface area contributed by atoms with Crippen LogP contribution in [-0.4, -0.2) is 41.2 Å². The number of hydrogen-bond donors (Lipinski definition) is 1. The van der Waals surface area contributed by atoms with Gasteiger partial charge in [0.25, 0.3) is 0 Å². The molecule has 7 heteroatoms. The van der Waals surface area contributed by atoms with Gasteiger partial charge in [0, 0.05) is 32.2 Å². The molecule has 0 spiro atoms. The molecule has 1 aliphatic rings. The number of nitrogen functional groups attached to an aromatic ring is 1. The van der Waals surface area contributed by atoms with Gasteiger partial charge in [0.1, 0.15) is 17.7 Å². The SMILES string of the molecule is Cc1cc(CN2CCN(c3ccc(C#N)c(N)n3)CC2)on1. The van der Waals surface area contributed by atoms with Gasteiger partial charge in [-0.3, -0.25) is 4.90 Å². The molecular formula is C15H18N6O. The van der Waals surface area contributed by atoms with Crippen LogP contribution in [0.1, 0.15) is 17.0 Å². The second-order valence-corrected chi connectivity index (χ2v) is 5.41. The van der Waals surface area contributed by atoms with E-state index in [4.69, 9.17) is 15.5 Å². The van der Waals surface area contributed by atoms with Gasteiger partial charge in [-0.15, -0.1) is 0 Å². The van der Waals surface area contributed by atoms with Crippen molar-refractivity contribution >= 4 is 11.6 Å². The number of aryl methyl sites for hydroxylation is 1. The van der Waals surface area contributed by atoms with Crippen LogP contribution in [0.15, 0.2) is 22.7 Å². The van der Waals surface area contributed by atoms with Crippen molar-refractivity contribution in [2.24, 2.45) is 0 Å². The number of rotatable bonds is 3. The predicted octanol–water partition coefficient (Wildman–Crippen LogP) is 1.15. The monoisotopic (exact) mass is 298 g/mol. The van der Waals surface area contributed by atoms with Crippen LogP contribution in [0.4, 0.5) is 11.6 Å². The fourth-order valence-corrected chi connectivity index (χ4v) is 2.58. The van der Waals surface area contributed by atoms with E-state index in [1.807, 2.05) is 25.1 Å². The molecular weight excluding hydrogens is 280 g/mol. The molecule has 0 radical (unpaired) electrons. The lowest BCUT2D eigenvalue weighted by Gasteiger charge is -2.34. The van der Waals surface area contributed by atoms with E-state index in [0.29, 0.717) is 11.4 Å². The summed E-state index contributed by atoms with van der Waals surface area (Å²) < 4.78 is 5.25. The van der Waals surface area contributed by atoms with E-state index >= 15 is 0 Å². The van der Waals surface area contributed by atoms with Crippen molar-refractivity contribution in [1.29, 1.82) is 5.26 Å². The molecule has 2 N–H and O–H groups in total. The van der Waals surface area contributed by atoms with E-state index in [1.54, 1.807) is 6.07 Å². The third kappa shape index (κ3) is 3.02. The van der Waals surface area contributed by atoms with Crippen molar-refractivity contribution in [2.75, 3.05) is 36.8 Å². The van der Waals surface area contributed by atoms with Crippen molar-refractivity contribution in [3.63, 3.8) is 0 Å². The average molecular weight is 298 g/mol. The molecule has 2 aromatic rings. The molecule has 0 bridgehead atoms. The van der Waals surface area contributed by atoms with Crippen LogP contribution in [0.2, 0.25) is 0 Å². The Hall–Kier alpha value is -2.59. The van der Waals surface area contributed by atoms with Crippen LogP contribution in [0.5, 0.6) is 0 Å². The van der Waals surface area contributed by atoms with Gasteiger partial charge in [-0.25, -0.2) is 4.98 Å². The number of pyridine rings is 1. The lowest BCUT2D eigenvalue weighted by molar-refractivity contribution is 0.219. The Balaban J connectivity index is 1.59. The third-order valence-corrected chi connectivity index (χ3v) is 3.78. The Morgan fingerprint density at radius 3 is 2.68 bits per heavy atom. The van der Waals surface area contributed by atoms with Crippen LogP contribution in [0.3, 0.4) is 0 Å². The quantitative estimate of drug-likeness (QED) is 0.908. The largest absolute Gasteiger partial charge is 0.383 e. The lowest BCUT2D eigenvalue weighted by Crippen LogP contribution is -2.46. The number of piperazine rings is 1. The van der Waals surface area contributed by atoms with Crippen LogP contribution < -0.4 is 10.6 Å². The number of nitriles is 1. The van der Waals surface area contributed by atoms with E-state index in [0.717, 1.165) is 50.0 Å². The second-order valence-electron chi connectivity index (χ2n) is 5.41. The molecule has 1 saturated heterocycles. The minimum atomic E-state index is 0.291. The summed E-state index contributed by atoms with van der Waals surface area (Å²) in [7, 11) is 0. The van der Waals surface area contributed by atoms with Gasteiger partial charge in [-0.1, -0.05) is 5.16 Å². The first-order chi connectivity index (χ1) is 10.7. The third-order valence-electron chi connectivity index (χ3n) is 3.78. The fraction of sp³-hybridized carbons (Fsp3) is 0.400. The zero-order valence-corrected chi connectivity index (χ0v) is 12.5. The van der Waals surface area contributed by atoms with Gasteiger partial charge in [0.05, 0.1) is 17.8 Å². The first-order valence-corrected chi connectivity index (χ1v) is 7.22. The molecule has 0 aliphatic carbocycles. The van der Waals surface area contributed by atoms with Crippen molar-refractivity contribution < 1.29 is 4.52 Å². The standard InChI is InChI=1S/C15H18N6O/c1-11-8-13(22-19-11)10-20-4-6-21(7-5-20)14-3-2-12(9-16)15(17)18-14/h2-3,8H,4-7,10H2,1H3,(H2,17,18). The number of nitrogens with zero attached hydrogens (tertiary/aromatic N) is 5. The molecule has 0 atom stereocenters. The van der Waals surface area contributed by atoms with Crippen LogP contribution in [0, 0.1) is 18.3 Å². The first kappa shape index (κ1) is 14.4. The summed E-state index contributed by atoms with van der Waals surface area (Å²) in [5.41, 5.74) is 7.11. The van der Waals surface area contributed by atoms with E-state index < -0.39 is 0 Å². The van der Waals surface area contributed by atoms with Gasteiger partial charge < -0.3 is 15.2 Å². The maximum atomic E-state index is 8.89. The highest BCUT2D eigenvalue weighted by Gasteiger charge is 2.19. The zero-order valence-electron chi connectivity index (χ0n) is 12.5. The molecule has 1 fully saturated rings. The molecule has 22 heavy (non-hydrogen) atoms. The summed E-state index contributed by atoms with van der Waals surface area (Å²) in [5.74, 6) is 2.01. The topological polar surface area (TPSA) is 95.2 Å². The summed E-state index contributed by atoms with van der Waals surface area (Å²) in [6, 6.07) is 7.57. The molecule has 114 valence electrons. The van der Waals surface area contributed by atoms with Gasteiger partial charge >= 0.3 is 0 Å². The van der Waals surface area contributed by atoms with E-state index in [2.05, 4.69) is 19.9 Å². The number of hydrogen-bond acceptors (Lipinski definition) is 7. The fourth-order valence-electron chi connectivity index (χ4n) is 2.58. The number of aromatic nitrogens is 2. The van der Waals surface area contributed by atoms with Gasteiger partial charge in [0.2, 0.25) is 0 Å². The Morgan fingerprint density at radius 2 is 2.09 bits per heavy atom. The number of nitrogens with two attached hydrogens (primary N) is 1. The molecule has 7 nitrogen and oxygen atoms in total. The maximum absolute atomic E-state index is 8.89. The Morgan fingerprint density at radius 1 is 1.32 bits per heavy atom. The highest BCUT2D eigenvalue weighted by atomic mass is 16.5. The van der Waals surface area contributed by atoms with Crippen LogP contribution >= 0.6 is 0 Å². The molecule has 2 aromatic heterocycles. The summed E-state index contributed by atoms with van der Waals surface area (Å²) in [6.07, 6.45) is 0. The number of anilines is 2.